The van der Waals surface area contributed by atoms with E-state index in [0.29, 0.717) is 39.0 Å². The van der Waals surface area contributed by atoms with E-state index in [-0.39, 0.29) is 0 Å². The monoisotopic (exact) mass is 216 g/mol. The Morgan fingerprint density at radius 3 is 2.27 bits per heavy atom. The minimum absolute atomic E-state index is 0.591. The molecule has 0 aliphatic heterocycles. The molecule has 0 aromatic carbocycles. The molecule has 0 amide bonds. The van der Waals surface area contributed by atoms with Gasteiger partial charge in [0, 0.05) is 6.61 Å². The van der Waals surface area contributed by atoms with Crippen LogP contribution in [0.1, 0.15) is 20.3 Å². The average Bonchev–Trinajstić information content (AvgIpc) is 2.26. The van der Waals surface area contributed by atoms with Gasteiger partial charge in [-0.1, -0.05) is 26.3 Å². The maximum absolute atomic E-state index is 5.43. The van der Waals surface area contributed by atoms with Crippen LogP contribution in [0.2, 0.25) is 0 Å². The third-order valence-corrected chi connectivity index (χ3v) is 2.08. The molecule has 0 saturated carbocycles. The molecule has 0 fully saturated rings. The predicted molar refractivity (Wildman–Crippen MR) is 62.1 cm³/mol. The van der Waals surface area contributed by atoms with Gasteiger partial charge in [-0.15, -0.1) is 6.58 Å². The Morgan fingerprint density at radius 1 is 1.07 bits per heavy atom. The SMILES string of the molecule is C=CCOCCOCCOCC(C)CC. The Bertz CT molecular complexity index is 137. The maximum Gasteiger partial charge on any atom is 0.0704 e. The molecule has 1 unspecified atom stereocenters. The second-order valence-electron chi connectivity index (χ2n) is 3.56. The van der Waals surface area contributed by atoms with Crippen molar-refractivity contribution in [3.63, 3.8) is 0 Å². The first-order valence-electron chi connectivity index (χ1n) is 5.65. The summed E-state index contributed by atoms with van der Waals surface area (Å²) in [6.45, 7) is 11.9. The van der Waals surface area contributed by atoms with Gasteiger partial charge in [-0.25, -0.2) is 0 Å². The van der Waals surface area contributed by atoms with Crippen LogP contribution >= 0.6 is 0 Å². The van der Waals surface area contributed by atoms with Crippen molar-refractivity contribution < 1.29 is 14.2 Å². The molecule has 0 aliphatic carbocycles. The summed E-state index contributed by atoms with van der Waals surface area (Å²) < 4.78 is 15.9. The second-order valence-corrected chi connectivity index (χ2v) is 3.56. The van der Waals surface area contributed by atoms with Gasteiger partial charge in [0.05, 0.1) is 33.0 Å². The van der Waals surface area contributed by atoms with E-state index >= 15 is 0 Å². The highest BCUT2D eigenvalue weighted by Gasteiger charge is 1.97. The van der Waals surface area contributed by atoms with Crippen molar-refractivity contribution in [1.82, 2.24) is 0 Å². The zero-order valence-electron chi connectivity index (χ0n) is 10.0. The summed E-state index contributed by atoms with van der Waals surface area (Å²) in [5, 5.41) is 0. The third-order valence-electron chi connectivity index (χ3n) is 2.08. The van der Waals surface area contributed by atoms with E-state index < -0.39 is 0 Å². The molecule has 15 heavy (non-hydrogen) atoms. The number of rotatable bonds is 11. The highest BCUT2D eigenvalue weighted by molar-refractivity contribution is 4.63. The van der Waals surface area contributed by atoms with E-state index in [0.717, 1.165) is 13.0 Å². The summed E-state index contributed by atoms with van der Waals surface area (Å²) in [6.07, 6.45) is 2.89. The van der Waals surface area contributed by atoms with E-state index in [1.54, 1.807) is 6.08 Å². The molecule has 0 heterocycles. The zero-order chi connectivity index (χ0) is 11.4. The molecule has 3 heteroatoms. The Hall–Kier alpha value is -0.380. The van der Waals surface area contributed by atoms with Crippen molar-refractivity contribution in [2.24, 2.45) is 5.92 Å². The van der Waals surface area contributed by atoms with E-state index in [9.17, 15) is 0 Å². The topological polar surface area (TPSA) is 27.7 Å². The molecular weight excluding hydrogens is 192 g/mol. The zero-order valence-corrected chi connectivity index (χ0v) is 10.0. The molecule has 0 aromatic rings. The average molecular weight is 216 g/mol. The van der Waals surface area contributed by atoms with Crippen LogP contribution in [0, 0.1) is 5.92 Å². The van der Waals surface area contributed by atoms with E-state index in [1.165, 1.54) is 0 Å². The van der Waals surface area contributed by atoms with Gasteiger partial charge in [-0.3, -0.25) is 0 Å². The molecular formula is C12H24O3. The fourth-order valence-electron chi connectivity index (χ4n) is 0.907. The lowest BCUT2D eigenvalue weighted by atomic mass is 10.1. The van der Waals surface area contributed by atoms with Crippen LogP contribution in [0.4, 0.5) is 0 Å². The molecule has 0 rings (SSSR count). The lowest BCUT2D eigenvalue weighted by Crippen LogP contribution is -2.12. The highest BCUT2D eigenvalue weighted by atomic mass is 16.5. The Labute approximate surface area is 93.4 Å². The van der Waals surface area contributed by atoms with Crippen molar-refractivity contribution in [3.05, 3.63) is 12.7 Å². The first-order valence-corrected chi connectivity index (χ1v) is 5.65. The summed E-state index contributed by atoms with van der Waals surface area (Å²) in [5.41, 5.74) is 0. The van der Waals surface area contributed by atoms with Crippen LogP contribution < -0.4 is 0 Å². The van der Waals surface area contributed by atoms with Crippen LogP contribution in [0.5, 0.6) is 0 Å². The normalized spacial score (nSPS) is 12.7. The Balaban J connectivity index is 2.95. The van der Waals surface area contributed by atoms with Crippen LogP contribution in [0.25, 0.3) is 0 Å². The van der Waals surface area contributed by atoms with E-state index in [1.807, 2.05) is 0 Å². The number of hydrogen-bond donors (Lipinski definition) is 0. The largest absolute Gasteiger partial charge is 0.379 e. The van der Waals surface area contributed by atoms with Gasteiger partial charge in [0.1, 0.15) is 0 Å². The van der Waals surface area contributed by atoms with Crippen molar-refractivity contribution in [3.8, 4) is 0 Å². The van der Waals surface area contributed by atoms with Gasteiger partial charge in [0.2, 0.25) is 0 Å². The summed E-state index contributed by atoms with van der Waals surface area (Å²) in [4.78, 5) is 0. The fraction of sp³-hybridized carbons (Fsp3) is 0.833. The lowest BCUT2D eigenvalue weighted by Gasteiger charge is -2.09. The minimum Gasteiger partial charge on any atom is -0.379 e. The molecule has 0 N–H and O–H groups in total. The van der Waals surface area contributed by atoms with Crippen molar-refractivity contribution >= 4 is 0 Å². The summed E-state index contributed by atoms with van der Waals surface area (Å²) in [6, 6.07) is 0. The van der Waals surface area contributed by atoms with E-state index in [4.69, 9.17) is 14.2 Å². The molecule has 3 nitrogen and oxygen atoms in total. The van der Waals surface area contributed by atoms with Crippen LogP contribution in [0.15, 0.2) is 12.7 Å². The number of ether oxygens (including phenoxy) is 3. The molecule has 1 atom stereocenters. The van der Waals surface area contributed by atoms with Gasteiger partial charge >= 0.3 is 0 Å². The summed E-state index contributed by atoms with van der Waals surface area (Å²) in [5.74, 6) is 0.640. The minimum atomic E-state index is 0.591. The Morgan fingerprint density at radius 2 is 1.67 bits per heavy atom. The molecule has 0 aliphatic rings. The quantitative estimate of drug-likeness (QED) is 0.392. The van der Waals surface area contributed by atoms with Gasteiger partial charge in [-0.05, 0) is 5.92 Å². The molecule has 0 bridgehead atoms. The van der Waals surface area contributed by atoms with Crippen LogP contribution in [-0.4, -0.2) is 39.6 Å². The highest BCUT2D eigenvalue weighted by Crippen LogP contribution is 1.99. The van der Waals surface area contributed by atoms with Crippen molar-refractivity contribution in [2.45, 2.75) is 20.3 Å². The summed E-state index contributed by atoms with van der Waals surface area (Å²) in [7, 11) is 0. The van der Waals surface area contributed by atoms with E-state index in [2.05, 4.69) is 20.4 Å². The molecule has 0 radical (unpaired) electrons. The second kappa shape index (κ2) is 11.7. The van der Waals surface area contributed by atoms with Gasteiger partial charge in [-0.2, -0.15) is 0 Å². The van der Waals surface area contributed by atoms with Crippen LogP contribution in [-0.2, 0) is 14.2 Å². The van der Waals surface area contributed by atoms with Crippen LogP contribution in [0.3, 0.4) is 0 Å². The van der Waals surface area contributed by atoms with Gasteiger partial charge < -0.3 is 14.2 Å². The molecule has 0 spiro atoms. The number of hydrogen-bond acceptors (Lipinski definition) is 3. The van der Waals surface area contributed by atoms with Crippen molar-refractivity contribution in [2.75, 3.05) is 39.6 Å². The molecule has 0 saturated heterocycles. The molecule has 0 aromatic heterocycles. The fourth-order valence-corrected chi connectivity index (χ4v) is 0.907. The van der Waals surface area contributed by atoms with Gasteiger partial charge in [0.15, 0.2) is 0 Å². The van der Waals surface area contributed by atoms with Crippen molar-refractivity contribution in [1.29, 1.82) is 0 Å². The predicted octanol–water partition coefficient (Wildman–Crippen LogP) is 2.27. The Kier molecular flexibility index (Phi) is 11.4. The maximum atomic E-state index is 5.43. The smallest absolute Gasteiger partial charge is 0.0704 e. The first kappa shape index (κ1) is 14.6. The lowest BCUT2D eigenvalue weighted by molar-refractivity contribution is 0.0124. The van der Waals surface area contributed by atoms with Gasteiger partial charge in [0.25, 0.3) is 0 Å². The molecule has 90 valence electrons. The third kappa shape index (κ3) is 11.5. The standard InChI is InChI=1S/C12H24O3/c1-4-6-13-7-8-14-9-10-15-11-12(3)5-2/h4,12H,1,5-11H2,2-3H3. The summed E-state index contributed by atoms with van der Waals surface area (Å²) >= 11 is 0. The first-order chi connectivity index (χ1) is 7.31.